The van der Waals surface area contributed by atoms with Crippen molar-refractivity contribution < 1.29 is 28.3 Å². The van der Waals surface area contributed by atoms with Gasteiger partial charge in [0.15, 0.2) is 11.3 Å². The van der Waals surface area contributed by atoms with Crippen molar-refractivity contribution in [2.75, 3.05) is 53.7 Å². The van der Waals surface area contributed by atoms with Crippen molar-refractivity contribution in [3.05, 3.63) is 59.8 Å². The zero-order valence-corrected chi connectivity index (χ0v) is 31.9. The van der Waals surface area contributed by atoms with Gasteiger partial charge in [-0.15, -0.1) is 0 Å². The molecule has 2 unspecified atom stereocenters. The van der Waals surface area contributed by atoms with Crippen LogP contribution in [-0.2, 0) is 16.0 Å². The van der Waals surface area contributed by atoms with Gasteiger partial charge in [0.1, 0.15) is 11.6 Å². The number of carbonyl (C=O) groups excluding carboxylic acids is 3. The summed E-state index contributed by atoms with van der Waals surface area (Å²) in [6.45, 7) is 4.62. The van der Waals surface area contributed by atoms with Crippen LogP contribution in [0.2, 0.25) is 0 Å². The minimum absolute atomic E-state index is 0.000818. The minimum Gasteiger partial charge on any atom is -0.370 e. The van der Waals surface area contributed by atoms with E-state index >= 15 is 0 Å². The van der Waals surface area contributed by atoms with Crippen molar-refractivity contribution in [2.24, 2.45) is 5.92 Å². The Morgan fingerprint density at radius 2 is 1.82 bits per heavy atom. The van der Waals surface area contributed by atoms with Crippen LogP contribution in [0.3, 0.4) is 0 Å². The number of aliphatic hydroxyl groups excluding tert-OH is 1. The van der Waals surface area contributed by atoms with Gasteiger partial charge in [-0.3, -0.25) is 24.4 Å². The number of benzene rings is 1. The number of fused-ring (bicyclic) bond motifs is 2. The van der Waals surface area contributed by atoms with Crippen LogP contribution < -0.4 is 25.3 Å². The number of amides is 3. The predicted octanol–water partition coefficient (Wildman–Crippen LogP) is 4.35. The summed E-state index contributed by atoms with van der Waals surface area (Å²) in [6, 6.07) is 7.52. The van der Waals surface area contributed by atoms with E-state index in [1.54, 1.807) is 25.2 Å². The third-order valence-electron chi connectivity index (χ3n) is 12.2. The van der Waals surface area contributed by atoms with E-state index in [1.165, 1.54) is 12.4 Å². The first-order valence-corrected chi connectivity index (χ1v) is 19.6. The SMILES string of the molecule is CCc1ccnc2c(C(=O)Nc3cn([C@H]4CC[C@H](CN(C)C5CCN(c6cccc7c6N(C)C(O)N7C6CCC(=O)NC6=O)CC5)CC4)nc3C(F)F)cnn12. The van der Waals surface area contributed by atoms with E-state index in [4.69, 9.17) is 0 Å². The average molecular weight is 774 g/mol. The summed E-state index contributed by atoms with van der Waals surface area (Å²) in [7, 11) is 4.02. The zero-order valence-electron chi connectivity index (χ0n) is 31.9. The Kier molecular flexibility index (Phi) is 10.4. The zero-order chi connectivity index (χ0) is 39.2. The Labute approximate surface area is 323 Å². The van der Waals surface area contributed by atoms with Gasteiger partial charge in [0.05, 0.1) is 35.0 Å². The summed E-state index contributed by atoms with van der Waals surface area (Å²) in [5, 5.41) is 24.9. The Balaban J connectivity index is 0.855. The summed E-state index contributed by atoms with van der Waals surface area (Å²) >= 11 is 0. The number of nitrogens with zero attached hydrogens (tertiary/aromatic N) is 9. The van der Waals surface area contributed by atoms with E-state index in [1.807, 2.05) is 32.2 Å². The topological polar surface area (TPSA) is 156 Å². The molecule has 0 radical (unpaired) electrons. The number of piperidine rings is 2. The van der Waals surface area contributed by atoms with Gasteiger partial charge >= 0.3 is 0 Å². The van der Waals surface area contributed by atoms with Gasteiger partial charge in [-0.2, -0.15) is 10.2 Å². The molecule has 3 aromatic heterocycles. The molecule has 4 aromatic rings. The molecule has 298 valence electrons. The molecular weight excluding hydrogens is 724 g/mol. The largest absolute Gasteiger partial charge is 0.370 e. The molecule has 4 aliphatic rings. The summed E-state index contributed by atoms with van der Waals surface area (Å²) < 4.78 is 31.5. The number of hydrogen-bond acceptors (Lipinski definition) is 11. The fourth-order valence-electron chi connectivity index (χ4n) is 9.15. The van der Waals surface area contributed by atoms with E-state index in [0.29, 0.717) is 30.4 Å². The number of para-hydroxylation sites is 1. The molecule has 0 spiro atoms. The normalized spacial score (nSPS) is 23.4. The number of aryl methyl sites for hydroxylation is 1. The number of rotatable bonds is 10. The molecule has 3 fully saturated rings. The highest BCUT2D eigenvalue weighted by atomic mass is 19.3. The Morgan fingerprint density at radius 1 is 1.07 bits per heavy atom. The Bertz CT molecular complexity index is 2110. The molecule has 2 atom stereocenters. The molecule has 56 heavy (non-hydrogen) atoms. The van der Waals surface area contributed by atoms with Crippen LogP contribution in [0.25, 0.3) is 5.65 Å². The van der Waals surface area contributed by atoms with Crippen molar-refractivity contribution in [3.63, 3.8) is 0 Å². The van der Waals surface area contributed by atoms with E-state index in [2.05, 4.69) is 48.7 Å². The molecule has 6 heterocycles. The van der Waals surface area contributed by atoms with Crippen molar-refractivity contribution in [1.29, 1.82) is 0 Å². The van der Waals surface area contributed by atoms with E-state index in [0.717, 1.165) is 80.9 Å². The van der Waals surface area contributed by atoms with E-state index in [-0.39, 0.29) is 35.5 Å². The third-order valence-corrected chi connectivity index (χ3v) is 12.2. The number of aromatic nitrogens is 5. The van der Waals surface area contributed by atoms with Gasteiger partial charge in [-0.25, -0.2) is 18.3 Å². The Hall–Kier alpha value is -5.16. The fourth-order valence-corrected chi connectivity index (χ4v) is 9.15. The van der Waals surface area contributed by atoms with Crippen molar-refractivity contribution in [3.8, 4) is 0 Å². The number of halogens is 2. The lowest BCUT2D eigenvalue weighted by molar-refractivity contribution is -0.134. The van der Waals surface area contributed by atoms with Gasteiger partial charge in [0, 0.05) is 57.2 Å². The van der Waals surface area contributed by atoms with Crippen LogP contribution in [0.5, 0.6) is 0 Å². The highest BCUT2D eigenvalue weighted by Crippen LogP contribution is 2.47. The quantitative estimate of drug-likeness (QED) is 0.197. The van der Waals surface area contributed by atoms with Crippen molar-refractivity contribution in [1.82, 2.24) is 34.6 Å². The minimum atomic E-state index is -2.85. The van der Waals surface area contributed by atoms with Crippen LogP contribution in [-0.4, -0.2) is 104 Å². The molecule has 3 N–H and O–H groups in total. The fraction of sp³-hybridized carbons (Fsp3) is 0.538. The lowest BCUT2D eigenvalue weighted by atomic mass is 9.85. The predicted molar refractivity (Wildman–Crippen MR) is 206 cm³/mol. The number of carbonyl (C=O) groups is 3. The lowest BCUT2D eigenvalue weighted by Crippen LogP contribution is -2.56. The van der Waals surface area contributed by atoms with E-state index in [9.17, 15) is 28.3 Å². The summed E-state index contributed by atoms with van der Waals surface area (Å²) in [4.78, 5) is 50.4. The highest BCUT2D eigenvalue weighted by Gasteiger charge is 2.43. The van der Waals surface area contributed by atoms with Crippen molar-refractivity contribution in [2.45, 2.75) is 95.6 Å². The number of hydrogen-bond donors (Lipinski definition) is 3. The number of alkyl halides is 2. The van der Waals surface area contributed by atoms with Gasteiger partial charge < -0.3 is 30.0 Å². The second kappa shape index (κ2) is 15.4. The van der Waals surface area contributed by atoms with Crippen LogP contribution in [0.15, 0.2) is 42.9 Å². The maximum Gasteiger partial charge on any atom is 0.284 e. The van der Waals surface area contributed by atoms with E-state index < -0.39 is 30.4 Å². The van der Waals surface area contributed by atoms with Crippen LogP contribution in [0, 0.1) is 5.92 Å². The number of imide groups is 1. The first kappa shape index (κ1) is 37.7. The molecule has 1 aromatic carbocycles. The second-order valence-corrected chi connectivity index (χ2v) is 15.6. The standard InChI is InChI=1S/C39H49F2N11O4/c1-4-24-14-17-42-36-27(20-43-52(24)36)37(54)44-28-22-50(46-33(28)35(40)41)26-10-8-23(9-11-26)21-47(2)25-15-18-49(19-16-25)29-6-5-7-30-34(29)48(3)39(56)51(30)31-12-13-32(53)45-38(31)55/h5-7,14,17,20,22-23,25-26,31,35,39,56H,4,8-13,15-16,18-19,21H2,1-3H3,(H,44,54)(H,45,53,55)/t23-,26-,31?,39?. The maximum absolute atomic E-state index is 14.2. The maximum atomic E-state index is 14.2. The molecular formula is C39H49F2N11O4. The summed E-state index contributed by atoms with van der Waals surface area (Å²) in [5.74, 6) is -0.758. The molecule has 0 bridgehead atoms. The molecule has 15 nitrogen and oxygen atoms in total. The highest BCUT2D eigenvalue weighted by molar-refractivity contribution is 6.08. The number of aliphatic hydroxyl groups is 1. The summed E-state index contributed by atoms with van der Waals surface area (Å²) in [6.07, 6.45) is 7.42. The van der Waals surface area contributed by atoms with Gasteiger partial charge in [0.25, 0.3) is 12.3 Å². The summed E-state index contributed by atoms with van der Waals surface area (Å²) in [5.41, 5.74) is 3.70. The molecule has 2 saturated heterocycles. The lowest BCUT2D eigenvalue weighted by Gasteiger charge is -2.40. The smallest absolute Gasteiger partial charge is 0.284 e. The Morgan fingerprint density at radius 3 is 2.54 bits per heavy atom. The molecule has 1 saturated carbocycles. The molecule has 8 rings (SSSR count). The monoisotopic (exact) mass is 773 g/mol. The van der Waals surface area contributed by atoms with Crippen LogP contribution in [0.1, 0.15) is 92.5 Å². The van der Waals surface area contributed by atoms with Gasteiger partial charge in [0.2, 0.25) is 18.2 Å². The molecule has 1 aliphatic carbocycles. The van der Waals surface area contributed by atoms with Crippen molar-refractivity contribution >= 4 is 46.1 Å². The first-order chi connectivity index (χ1) is 27.0. The number of nitrogens with one attached hydrogen (secondary N) is 2. The molecule has 3 amide bonds. The van der Waals surface area contributed by atoms with Gasteiger partial charge in [-0.05, 0) is 82.5 Å². The average Bonchev–Trinajstić information content (AvgIpc) is 3.90. The molecule has 17 heteroatoms. The second-order valence-electron chi connectivity index (χ2n) is 15.6. The number of anilines is 4. The third kappa shape index (κ3) is 6.95. The van der Waals surface area contributed by atoms with Crippen LogP contribution in [0.4, 0.5) is 31.5 Å². The van der Waals surface area contributed by atoms with Gasteiger partial charge in [-0.1, -0.05) is 13.0 Å². The first-order valence-electron chi connectivity index (χ1n) is 19.6. The van der Waals surface area contributed by atoms with Crippen LogP contribution >= 0.6 is 0 Å². The molecule has 3 aliphatic heterocycles.